The number of benzene rings is 4. The minimum absolute atomic E-state index is 0.233. The lowest BCUT2D eigenvalue weighted by Gasteiger charge is -2.40. The molecule has 4 aromatic carbocycles. The lowest BCUT2D eigenvalue weighted by molar-refractivity contribution is 0.211. The van der Waals surface area contributed by atoms with Crippen molar-refractivity contribution in [1.82, 2.24) is 19.5 Å². The van der Waals surface area contributed by atoms with Crippen LogP contribution in [0.4, 0.5) is 5.82 Å². The van der Waals surface area contributed by atoms with Gasteiger partial charge >= 0.3 is 0 Å². The molecule has 0 unspecified atom stereocenters. The monoisotopic (exact) mass is 521 g/mol. The van der Waals surface area contributed by atoms with Gasteiger partial charge in [0.25, 0.3) is 0 Å². The summed E-state index contributed by atoms with van der Waals surface area (Å²) in [6, 6.07) is 45.0. The molecule has 3 heterocycles. The van der Waals surface area contributed by atoms with E-state index in [9.17, 15) is 0 Å². The molecule has 0 radical (unpaired) electrons. The molecule has 1 aliphatic rings. The molecule has 0 atom stereocenters. The van der Waals surface area contributed by atoms with Gasteiger partial charge in [-0.1, -0.05) is 121 Å². The van der Waals surface area contributed by atoms with Gasteiger partial charge in [-0.3, -0.25) is 4.90 Å². The summed E-state index contributed by atoms with van der Waals surface area (Å²) in [5, 5.41) is 4.85. The number of rotatable bonds is 6. The van der Waals surface area contributed by atoms with Crippen molar-refractivity contribution in [1.29, 1.82) is 0 Å². The van der Waals surface area contributed by atoms with Crippen molar-refractivity contribution in [2.75, 3.05) is 31.1 Å². The highest BCUT2D eigenvalue weighted by molar-refractivity contribution is 5.80. The average molecular weight is 522 g/mol. The fourth-order valence-electron chi connectivity index (χ4n) is 5.84. The van der Waals surface area contributed by atoms with Gasteiger partial charge in [0.05, 0.1) is 17.9 Å². The zero-order valence-corrected chi connectivity index (χ0v) is 22.3. The van der Waals surface area contributed by atoms with Crippen molar-refractivity contribution in [3.63, 3.8) is 0 Å². The summed E-state index contributed by atoms with van der Waals surface area (Å²) >= 11 is 0. The summed E-state index contributed by atoms with van der Waals surface area (Å²) < 4.78 is 2.02. The highest BCUT2D eigenvalue weighted by atomic mass is 15.4. The van der Waals surface area contributed by atoms with Crippen LogP contribution in [0.3, 0.4) is 0 Å². The topological polar surface area (TPSA) is 36.7 Å². The Balaban J connectivity index is 1.25. The van der Waals surface area contributed by atoms with Crippen LogP contribution in [0.15, 0.2) is 134 Å². The first-order valence-corrected chi connectivity index (χ1v) is 13.9. The molecule has 1 saturated heterocycles. The fourth-order valence-corrected chi connectivity index (χ4v) is 5.84. The molecule has 40 heavy (non-hydrogen) atoms. The largest absolute Gasteiger partial charge is 0.354 e. The average Bonchev–Trinajstić information content (AvgIpc) is 3.47. The van der Waals surface area contributed by atoms with Crippen LogP contribution in [0.5, 0.6) is 0 Å². The molecule has 0 saturated carbocycles. The predicted molar refractivity (Wildman–Crippen MR) is 162 cm³/mol. The van der Waals surface area contributed by atoms with Gasteiger partial charge in [-0.05, 0) is 16.7 Å². The molecule has 1 aliphatic heterocycles. The maximum atomic E-state index is 5.12. The molecule has 0 bridgehead atoms. The lowest BCUT2D eigenvalue weighted by atomic mass is 9.96. The van der Waals surface area contributed by atoms with E-state index in [0.717, 1.165) is 60.0 Å². The summed E-state index contributed by atoms with van der Waals surface area (Å²) in [5.41, 5.74) is 7.80. The van der Waals surface area contributed by atoms with Crippen molar-refractivity contribution in [3.8, 4) is 22.4 Å². The van der Waals surface area contributed by atoms with E-state index in [-0.39, 0.29) is 6.04 Å². The molecule has 0 N–H and O–H groups in total. The summed E-state index contributed by atoms with van der Waals surface area (Å²) in [6.45, 7) is 3.71. The Kier molecular flexibility index (Phi) is 6.56. The van der Waals surface area contributed by atoms with Crippen LogP contribution in [0.25, 0.3) is 28.0 Å². The van der Waals surface area contributed by atoms with Gasteiger partial charge in [0.1, 0.15) is 5.82 Å². The third kappa shape index (κ3) is 4.65. The molecule has 2 aromatic heterocycles. The third-order valence-electron chi connectivity index (χ3n) is 7.84. The predicted octanol–water partition coefficient (Wildman–Crippen LogP) is 6.97. The van der Waals surface area contributed by atoms with E-state index in [4.69, 9.17) is 10.1 Å². The SMILES string of the molecule is c1ccc(-c2cc(N3CCN(C(c4ccccc4)c4ccccc4)CC3)n3ncc(-c4ccccc4)c3n2)cc1. The Labute approximate surface area is 235 Å². The van der Waals surface area contributed by atoms with Crippen molar-refractivity contribution in [3.05, 3.63) is 145 Å². The van der Waals surface area contributed by atoms with Crippen LogP contribution in [0, 0.1) is 0 Å². The van der Waals surface area contributed by atoms with E-state index in [1.165, 1.54) is 11.1 Å². The Morgan fingerprint density at radius 3 is 1.68 bits per heavy atom. The second kappa shape index (κ2) is 10.8. The number of nitrogens with zero attached hydrogens (tertiary/aromatic N) is 5. The number of hydrogen-bond donors (Lipinski definition) is 0. The maximum Gasteiger partial charge on any atom is 0.165 e. The minimum atomic E-state index is 0.233. The number of hydrogen-bond acceptors (Lipinski definition) is 4. The molecule has 6 aromatic rings. The van der Waals surface area contributed by atoms with Crippen molar-refractivity contribution in [2.24, 2.45) is 0 Å². The van der Waals surface area contributed by atoms with Crippen molar-refractivity contribution >= 4 is 11.5 Å². The maximum absolute atomic E-state index is 5.12. The Hall–Kier alpha value is -4.74. The van der Waals surface area contributed by atoms with Crippen LogP contribution >= 0.6 is 0 Å². The molecular formula is C35H31N5. The van der Waals surface area contributed by atoms with E-state index >= 15 is 0 Å². The summed E-state index contributed by atoms with van der Waals surface area (Å²) in [4.78, 5) is 10.2. The molecule has 7 rings (SSSR count). The lowest BCUT2D eigenvalue weighted by Crippen LogP contribution is -2.48. The quantitative estimate of drug-likeness (QED) is 0.237. The zero-order chi connectivity index (χ0) is 26.7. The number of anilines is 1. The van der Waals surface area contributed by atoms with Crippen molar-refractivity contribution in [2.45, 2.75) is 6.04 Å². The van der Waals surface area contributed by atoms with Gasteiger partial charge in [0.2, 0.25) is 0 Å². The van der Waals surface area contributed by atoms with Gasteiger partial charge < -0.3 is 4.90 Å². The van der Waals surface area contributed by atoms with Gasteiger partial charge in [0.15, 0.2) is 5.65 Å². The molecule has 5 heteroatoms. The normalized spacial score (nSPS) is 14.2. The Morgan fingerprint density at radius 1 is 0.575 bits per heavy atom. The van der Waals surface area contributed by atoms with E-state index in [1.54, 1.807) is 0 Å². The molecule has 5 nitrogen and oxygen atoms in total. The Bertz CT molecular complexity index is 1650. The highest BCUT2D eigenvalue weighted by Crippen LogP contribution is 2.33. The van der Waals surface area contributed by atoms with Crippen LogP contribution in [-0.2, 0) is 0 Å². The first kappa shape index (κ1) is 24.3. The number of aromatic nitrogens is 3. The third-order valence-corrected chi connectivity index (χ3v) is 7.84. The summed E-state index contributed by atoms with van der Waals surface area (Å²) in [5.74, 6) is 1.08. The minimum Gasteiger partial charge on any atom is -0.354 e. The molecule has 0 spiro atoms. The summed E-state index contributed by atoms with van der Waals surface area (Å²) in [7, 11) is 0. The smallest absolute Gasteiger partial charge is 0.165 e. The first-order valence-electron chi connectivity index (χ1n) is 13.9. The molecule has 196 valence electrons. The van der Waals surface area contributed by atoms with Crippen molar-refractivity contribution < 1.29 is 0 Å². The second-order valence-corrected chi connectivity index (χ2v) is 10.3. The van der Waals surface area contributed by atoms with E-state index < -0.39 is 0 Å². The number of piperazine rings is 1. The highest BCUT2D eigenvalue weighted by Gasteiger charge is 2.28. The van der Waals surface area contributed by atoms with Crippen LogP contribution in [0.1, 0.15) is 17.2 Å². The molecule has 0 aliphatic carbocycles. The van der Waals surface area contributed by atoms with Gasteiger partial charge in [-0.2, -0.15) is 9.61 Å². The molecular weight excluding hydrogens is 490 g/mol. The van der Waals surface area contributed by atoms with E-state index in [0.29, 0.717) is 0 Å². The first-order chi connectivity index (χ1) is 19.8. The second-order valence-electron chi connectivity index (χ2n) is 10.3. The fraction of sp³-hybridized carbons (Fsp3) is 0.143. The van der Waals surface area contributed by atoms with Gasteiger partial charge in [0, 0.05) is 43.4 Å². The van der Waals surface area contributed by atoms with E-state index in [1.807, 2.05) is 22.8 Å². The standard InChI is InChI=1S/C35H31N5/c1-5-13-27(14-6-1)31-26-36-40-33(25-32(37-35(31)40)28-15-7-2-8-16-28)38-21-23-39(24-22-38)34(29-17-9-3-10-18-29)30-19-11-4-12-20-30/h1-20,25-26,34H,21-24H2. The number of fused-ring (bicyclic) bond motifs is 1. The molecule has 1 fully saturated rings. The Morgan fingerprint density at radius 2 is 1.10 bits per heavy atom. The van der Waals surface area contributed by atoms with Gasteiger partial charge in [-0.15, -0.1) is 0 Å². The van der Waals surface area contributed by atoms with Crippen LogP contribution < -0.4 is 4.90 Å². The van der Waals surface area contributed by atoms with Crippen LogP contribution in [-0.4, -0.2) is 45.7 Å². The van der Waals surface area contributed by atoms with Crippen LogP contribution in [0.2, 0.25) is 0 Å². The van der Waals surface area contributed by atoms with Gasteiger partial charge in [-0.25, -0.2) is 4.98 Å². The zero-order valence-electron chi connectivity index (χ0n) is 22.3. The molecule has 0 amide bonds. The summed E-state index contributed by atoms with van der Waals surface area (Å²) in [6.07, 6.45) is 1.95. The van der Waals surface area contributed by atoms with E-state index in [2.05, 4.69) is 125 Å².